The first kappa shape index (κ1) is 11.1. The van der Waals surface area contributed by atoms with Gasteiger partial charge in [-0.1, -0.05) is 0 Å². The minimum absolute atomic E-state index is 0.399. The Balaban J connectivity index is 1.41. The van der Waals surface area contributed by atoms with E-state index in [1.54, 1.807) is 11.0 Å². The first-order valence-electron chi connectivity index (χ1n) is 6.51. The van der Waals surface area contributed by atoms with Gasteiger partial charge in [0.2, 0.25) is 0 Å². The third-order valence-corrected chi connectivity index (χ3v) is 3.97. The van der Waals surface area contributed by atoms with Crippen molar-refractivity contribution in [2.45, 2.75) is 31.8 Å². The SMILES string of the molecule is N[C@@H]1CN(CCCn2cnnn2)C[C@H]1C1CC1. The normalized spacial score (nSPS) is 29.9. The van der Waals surface area contributed by atoms with Crippen molar-refractivity contribution in [1.82, 2.24) is 25.1 Å². The first-order valence-corrected chi connectivity index (χ1v) is 6.51. The van der Waals surface area contributed by atoms with Gasteiger partial charge in [-0.05, 0) is 48.1 Å². The fourth-order valence-corrected chi connectivity index (χ4v) is 2.89. The molecule has 1 aromatic rings. The van der Waals surface area contributed by atoms with Gasteiger partial charge in [0.15, 0.2) is 0 Å². The molecule has 0 radical (unpaired) electrons. The van der Waals surface area contributed by atoms with E-state index in [4.69, 9.17) is 5.73 Å². The highest BCUT2D eigenvalue weighted by Gasteiger charge is 2.40. The standard InChI is InChI=1S/C11H20N6/c12-11-7-16(6-10(11)9-2-3-9)4-1-5-17-8-13-14-15-17/h8-11H,1-7,12H2/t10-,11+/m0/s1. The van der Waals surface area contributed by atoms with E-state index in [9.17, 15) is 0 Å². The zero-order valence-electron chi connectivity index (χ0n) is 10.1. The van der Waals surface area contributed by atoms with Gasteiger partial charge in [0.05, 0.1) is 0 Å². The van der Waals surface area contributed by atoms with Crippen LogP contribution < -0.4 is 5.73 Å². The molecule has 0 aromatic carbocycles. The molecule has 3 rings (SSSR count). The molecule has 6 heteroatoms. The van der Waals surface area contributed by atoms with Gasteiger partial charge in [0.1, 0.15) is 6.33 Å². The number of hydrogen-bond acceptors (Lipinski definition) is 5. The van der Waals surface area contributed by atoms with E-state index in [1.165, 1.54) is 19.4 Å². The van der Waals surface area contributed by atoms with Crippen molar-refractivity contribution in [2.24, 2.45) is 17.6 Å². The van der Waals surface area contributed by atoms with Crippen molar-refractivity contribution in [3.8, 4) is 0 Å². The van der Waals surface area contributed by atoms with Crippen LogP contribution in [0.15, 0.2) is 6.33 Å². The maximum Gasteiger partial charge on any atom is 0.138 e. The largest absolute Gasteiger partial charge is 0.326 e. The van der Waals surface area contributed by atoms with Gasteiger partial charge in [-0.15, -0.1) is 5.10 Å². The van der Waals surface area contributed by atoms with Crippen LogP contribution in [0.2, 0.25) is 0 Å². The predicted octanol–water partition coefficient (Wildman–Crippen LogP) is -0.268. The number of rotatable bonds is 5. The zero-order valence-corrected chi connectivity index (χ0v) is 10.1. The van der Waals surface area contributed by atoms with Crippen molar-refractivity contribution in [2.75, 3.05) is 19.6 Å². The molecule has 0 unspecified atom stereocenters. The van der Waals surface area contributed by atoms with Crippen LogP contribution in [-0.4, -0.2) is 50.8 Å². The number of nitrogens with two attached hydrogens (primary N) is 1. The Kier molecular flexibility index (Phi) is 3.07. The Hall–Kier alpha value is -1.01. The summed E-state index contributed by atoms with van der Waals surface area (Å²) in [4.78, 5) is 2.50. The van der Waals surface area contributed by atoms with Crippen LogP contribution in [0.4, 0.5) is 0 Å². The molecule has 17 heavy (non-hydrogen) atoms. The minimum Gasteiger partial charge on any atom is -0.326 e. The molecule has 94 valence electrons. The molecule has 2 N–H and O–H groups in total. The lowest BCUT2D eigenvalue weighted by molar-refractivity contribution is 0.303. The molecule has 0 amide bonds. The summed E-state index contributed by atoms with van der Waals surface area (Å²) < 4.78 is 1.79. The third-order valence-electron chi connectivity index (χ3n) is 3.97. The fraction of sp³-hybridized carbons (Fsp3) is 0.909. The van der Waals surface area contributed by atoms with E-state index < -0.39 is 0 Å². The van der Waals surface area contributed by atoms with Crippen LogP contribution in [0.25, 0.3) is 0 Å². The van der Waals surface area contributed by atoms with Crippen LogP contribution in [0, 0.1) is 11.8 Å². The van der Waals surface area contributed by atoms with Crippen molar-refractivity contribution in [3.63, 3.8) is 0 Å². The lowest BCUT2D eigenvalue weighted by Gasteiger charge is -2.15. The number of hydrogen-bond donors (Lipinski definition) is 1. The Bertz CT molecular complexity index is 347. The van der Waals surface area contributed by atoms with Crippen LogP contribution >= 0.6 is 0 Å². The Morgan fingerprint density at radius 1 is 1.24 bits per heavy atom. The molecule has 6 nitrogen and oxygen atoms in total. The van der Waals surface area contributed by atoms with Gasteiger partial charge in [-0.2, -0.15) is 0 Å². The molecule has 1 aromatic heterocycles. The Morgan fingerprint density at radius 3 is 2.82 bits per heavy atom. The van der Waals surface area contributed by atoms with Gasteiger partial charge in [-0.25, -0.2) is 4.68 Å². The van der Waals surface area contributed by atoms with Gasteiger partial charge in [0.25, 0.3) is 0 Å². The average molecular weight is 236 g/mol. The van der Waals surface area contributed by atoms with Gasteiger partial charge in [0, 0.05) is 25.7 Å². The van der Waals surface area contributed by atoms with Crippen molar-refractivity contribution in [1.29, 1.82) is 0 Å². The molecule has 1 aliphatic carbocycles. The maximum absolute atomic E-state index is 6.20. The van der Waals surface area contributed by atoms with E-state index in [1.807, 2.05) is 0 Å². The van der Waals surface area contributed by atoms with Crippen molar-refractivity contribution >= 4 is 0 Å². The average Bonchev–Trinajstić information content (AvgIpc) is 2.89. The quantitative estimate of drug-likeness (QED) is 0.762. The van der Waals surface area contributed by atoms with Crippen molar-refractivity contribution in [3.05, 3.63) is 6.33 Å². The summed E-state index contributed by atoms with van der Waals surface area (Å²) in [6.07, 6.45) is 5.56. The van der Waals surface area contributed by atoms with Crippen LogP contribution in [0.3, 0.4) is 0 Å². The van der Waals surface area contributed by atoms with Crippen LogP contribution in [0.1, 0.15) is 19.3 Å². The van der Waals surface area contributed by atoms with E-state index >= 15 is 0 Å². The minimum atomic E-state index is 0.399. The van der Waals surface area contributed by atoms with E-state index in [-0.39, 0.29) is 0 Å². The molecule has 0 bridgehead atoms. The topological polar surface area (TPSA) is 72.9 Å². The zero-order chi connectivity index (χ0) is 11.7. The molecule has 2 heterocycles. The number of tetrazole rings is 1. The molecular formula is C11H20N6. The molecule has 0 spiro atoms. The monoisotopic (exact) mass is 236 g/mol. The molecule has 2 aliphatic rings. The molecular weight excluding hydrogens is 216 g/mol. The fourth-order valence-electron chi connectivity index (χ4n) is 2.89. The van der Waals surface area contributed by atoms with Gasteiger partial charge >= 0.3 is 0 Å². The summed E-state index contributed by atoms with van der Waals surface area (Å²) in [6, 6.07) is 0.399. The number of aromatic nitrogens is 4. The second-order valence-corrected chi connectivity index (χ2v) is 5.35. The summed E-state index contributed by atoms with van der Waals surface area (Å²) in [5, 5.41) is 11.1. The molecule has 1 saturated carbocycles. The highest BCUT2D eigenvalue weighted by Crippen LogP contribution is 2.40. The predicted molar refractivity (Wildman–Crippen MR) is 63.1 cm³/mol. The number of likely N-dealkylation sites (tertiary alicyclic amines) is 1. The highest BCUT2D eigenvalue weighted by atomic mass is 15.5. The van der Waals surface area contributed by atoms with Gasteiger partial charge in [-0.3, -0.25) is 0 Å². The third kappa shape index (κ3) is 2.63. The molecule has 2 atom stereocenters. The lowest BCUT2D eigenvalue weighted by atomic mass is 9.99. The van der Waals surface area contributed by atoms with Crippen LogP contribution in [0.5, 0.6) is 0 Å². The summed E-state index contributed by atoms with van der Waals surface area (Å²) in [5.41, 5.74) is 6.20. The smallest absolute Gasteiger partial charge is 0.138 e. The Morgan fingerprint density at radius 2 is 2.12 bits per heavy atom. The second-order valence-electron chi connectivity index (χ2n) is 5.35. The summed E-state index contributed by atoms with van der Waals surface area (Å²) in [7, 11) is 0. The second kappa shape index (κ2) is 4.70. The molecule has 1 aliphatic heterocycles. The Labute approximate surface area is 101 Å². The van der Waals surface area contributed by atoms with E-state index in [0.717, 1.165) is 37.9 Å². The maximum atomic E-state index is 6.20. The summed E-state index contributed by atoms with van der Waals surface area (Å²) >= 11 is 0. The molecule has 1 saturated heterocycles. The van der Waals surface area contributed by atoms with Crippen LogP contribution in [-0.2, 0) is 6.54 Å². The van der Waals surface area contributed by atoms with Gasteiger partial charge < -0.3 is 10.6 Å². The number of nitrogens with zero attached hydrogens (tertiary/aromatic N) is 5. The highest BCUT2D eigenvalue weighted by molar-refractivity contribution is 4.95. The van der Waals surface area contributed by atoms with E-state index in [2.05, 4.69) is 20.4 Å². The van der Waals surface area contributed by atoms with Crippen molar-refractivity contribution < 1.29 is 0 Å². The van der Waals surface area contributed by atoms with E-state index in [0.29, 0.717) is 6.04 Å². The summed E-state index contributed by atoms with van der Waals surface area (Å²) in [6.45, 7) is 4.27. The first-order chi connectivity index (χ1) is 8.33. The summed E-state index contributed by atoms with van der Waals surface area (Å²) in [5.74, 6) is 1.68. The molecule has 2 fully saturated rings. The lowest BCUT2D eigenvalue weighted by Crippen LogP contribution is -2.30. The number of aryl methyl sites for hydroxylation is 1.